The van der Waals surface area contributed by atoms with Crippen molar-refractivity contribution in [2.24, 2.45) is 5.92 Å². The first kappa shape index (κ1) is 27.6. The summed E-state index contributed by atoms with van der Waals surface area (Å²) in [5, 5.41) is 11.2. The topological polar surface area (TPSA) is 79.3 Å². The second kappa shape index (κ2) is 11.4. The van der Waals surface area contributed by atoms with Gasteiger partial charge in [-0.05, 0) is 43.2 Å². The highest BCUT2D eigenvalue weighted by molar-refractivity contribution is 6.42. The quantitative estimate of drug-likeness (QED) is 0.348. The maximum atomic E-state index is 13.1. The molecule has 0 spiro atoms. The number of halogens is 2. The molecule has 0 aliphatic carbocycles. The van der Waals surface area contributed by atoms with Gasteiger partial charge in [0.1, 0.15) is 12.4 Å². The van der Waals surface area contributed by atoms with Gasteiger partial charge in [-0.3, -0.25) is 4.79 Å². The lowest BCUT2D eigenvalue weighted by Crippen LogP contribution is -2.42. The molecule has 3 rings (SSSR count). The molecule has 0 bridgehead atoms. The molecule has 9 heteroatoms. The number of amides is 3. The molecule has 0 fully saturated rings. The molecule has 192 valence electrons. The molecule has 0 saturated carbocycles. The van der Waals surface area contributed by atoms with Gasteiger partial charge in [0.05, 0.1) is 21.4 Å². The van der Waals surface area contributed by atoms with Crippen molar-refractivity contribution in [3.05, 3.63) is 69.8 Å². The van der Waals surface area contributed by atoms with Crippen molar-refractivity contribution in [2.45, 2.75) is 47.0 Å². The molecule has 3 amide bonds. The maximum absolute atomic E-state index is 13.1. The molecule has 0 unspecified atom stereocenters. The van der Waals surface area contributed by atoms with E-state index in [1.54, 1.807) is 22.9 Å². The van der Waals surface area contributed by atoms with Gasteiger partial charge in [0.15, 0.2) is 0 Å². The summed E-state index contributed by atoms with van der Waals surface area (Å²) in [6.45, 7) is 12.5. The predicted molar refractivity (Wildman–Crippen MR) is 148 cm³/mol. The monoisotopic (exact) mass is 529 g/mol. The number of aryl methyl sites for hydroxylation is 1. The van der Waals surface area contributed by atoms with Gasteiger partial charge in [0.2, 0.25) is 5.91 Å². The maximum Gasteiger partial charge on any atom is 0.322 e. The van der Waals surface area contributed by atoms with Gasteiger partial charge >= 0.3 is 6.03 Å². The fourth-order valence-corrected chi connectivity index (χ4v) is 3.81. The number of anilines is 2. The Kier molecular flexibility index (Phi) is 8.69. The molecule has 7 nitrogen and oxygen atoms in total. The number of nitrogens with zero attached hydrogens (tertiary/aromatic N) is 3. The van der Waals surface area contributed by atoms with Gasteiger partial charge in [-0.1, -0.05) is 75.5 Å². The van der Waals surface area contributed by atoms with Crippen LogP contribution in [0.4, 0.5) is 16.3 Å². The normalized spacial score (nSPS) is 11.5. The summed E-state index contributed by atoms with van der Waals surface area (Å²) in [6.07, 6.45) is 0. The molecule has 3 aromatic rings. The second-order valence-electron chi connectivity index (χ2n) is 10.3. The van der Waals surface area contributed by atoms with Crippen molar-refractivity contribution in [3.63, 3.8) is 0 Å². The third-order valence-corrected chi connectivity index (χ3v) is 6.14. The van der Waals surface area contributed by atoms with Crippen LogP contribution in [0.2, 0.25) is 10.0 Å². The minimum Gasteiger partial charge on any atom is -0.315 e. The molecular weight excluding hydrogens is 497 g/mol. The summed E-state index contributed by atoms with van der Waals surface area (Å²) in [5.41, 5.74) is 3.09. The molecule has 1 aromatic heterocycles. The molecule has 0 saturated heterocycles. The van der Waals surface area contributed by atoms with Crippen LogP contribution >= 0.6 is 23.2 Å². The molecule has 0 atom stereocenters. The summed E-state index contributed by atoms with van der Waals surface area (Å²) in [5.74, 6) is 0.375. The summed E-state index contributed by atoms with van der Waals surface area (Å²) in [4.78, 5) is 27.6. The van der Waals surface area contributed by atoms with E-state index in [1.807, 2.05) is 51.1 Å². The lowest BCUT2D eigenvalue weighted by atomic mass is 9.92. The summed E-state index contributed by atoms with van der Waals surface area (Å²) in [7, 11) is 0. The number of nitrogens with one attached hydrogen (secondary N) is 2. The third kappa shape index (κ3) is 7.24. The van der Waals surface area contributed by atoms with Crippen molar-refractivity contribution < 1.29 is 9.59 Å². The average Bonchev–Trinajstić information content (AvgIpc) is 3.20. The zero-order valence-corrected chi connectivity index (χ0v) is 23.0. The standard InChI is InChI=1S/C27H33Cl2N5O2/c1-17(2)15-33(26(36)30-19-9-12-21(28)22(29)13-19)16-25(35)31-24-14-23(27(4,5)6)32-34(24)20-10-7-18(3)8-11-20/h7-14,17H,15-16H2,1-6H3,(H,30,36)(H,31,35). The van der Waals surface area contributed by atoms with Crippen molar-refractivity contribution in [1.82, 2.24) is 14.7 Å². The van der Waals surface area contributed by atoms with Gasteiger partial charge in [-0.25, -0.2) is 9.48 Å². The van der Waals surface area contributed by atoms with Gasteiger partial charge in [-0.2, -0.15) is 5.10 Å². The zero-order chi connectivity index (χ0) is 26.6. The molecule has 36 heavy (non-hydrogen) atoms. The van der Waals surface area contributed by atoms with E-state index in [2.05, 4.69) is 31.4 Å². The molecule has 2 N–H and O–H groups in total. The predicted octanol–water partition coefficient (Wildman–Crippen LogP) is 6.91. The van der Waals surface area contributed by atoms with Crippen LogP contribution in [0.5, 0.6) is 0 Å². The minimum atomic E-state index is -0.403. The van der Waals surface area contributed by atoms with Gasteiger partial charge in [-0.15, -0.1) is 0 Å². The number of carbonyl (C=O) groups is 2. The van der Waals surface area contributed by atoms with Crippen LogP contribution in [-0.4, -0.2) is 39.7 Å². The largest absolute Gasteiger partial charge is 0.322 e. The van der Waals surface area contributed by atoms with Crippen LogP contribution in [0.25, 0.3) is 5.69 Å². The van der Waals surface area contributed by atoms with E-state index in [1.165, 1.54) is 4.90 Å². The highest BCUT2D eigenvalue weighted by Crippen LogP contribution is 2.27. The van der Waals surface area contributed by atoms with E-state index in [9.17, 15) is 9.59 Å². The average molecular weight is 531 g/mol. The highest BCUT2D eigenvalue weighted by Gasteiger charge is 2.23. The Morgan fingerprint density at radius 1 is 1.00 bits per heavy atom. The Bertz CT molecular complexity index is 1230. The second-order valence-corrected chi connectivity index (χ2v) is 11.1. The van der Waals surface area contributed by atoms with Gasteiger partial charge in [0.25, 0.3) is 0 Å². The van der Waals surface area contributed by atoms with E-state index in [-0.39, 0.29) is 23.8 Å². The number of urea groups is 1. The first-order valence-electron chi connectivity index (χ1n) is 11.8. The lowest BCUT2D eigenvalue weighted by molar-refractivity contribution is -0.116. The lowest BCUT2D eigenvalue weighted by Gasteiger charge is -2.24. The molecular formula is C27H33Cl2N5O2. The molecule has 0 aliphatic rings. The summed E-state index contributed by atoms with van der Waals surface area (Å²) < 4.78 is 1.72. The van der Waals surface area contributed by atoms with Crippen LogP contribution in [0.15, 0.2) is 48.5 Å². The molecule has 0 aliphatic heterocycles. The smallest absolute Gasteiger partial charge is 0.315 e. The number of rotatable bonds is 7. The Morgan fingerprint density at radius 2 is 1.67 bits per heavy atom. The number of hydrogen-bond donors (Lipinski definition) is 2. The molecule has 0 radical (unpaired) electrons. The van der Waals surface area contributed by atoms with Crippen LogP contribution in [0.3, 0.4) is 0 Å². The fraction of sp³-hybridized carbons (Fsp3) is 0.370. The van der Waals surface area contributed by atoms with Crippen molar-refractivity contribution in [2.75, 3.05) is 23.7 Å². The van der Waals surface area contributed by atoms with E-state index >= 15 is 0 Å². The molecule has 1 heterocycles. The Labute approximate surface area is 222 Å². The van der Waals surface area contributed by atoms with Crippen LogP contribution < -0.4 is 10.6 Å². The van der Waals surface area contributed by atoms with Crippen LogP contribution in [0.1, 0.15) is 45.9 Å². The Balaban J connectivity index is 1.81. The third-order valence-electron chi connectivity index (χ3n) is 5.40. The first-order chi connectivity index (χ1) is 16.8. The fourth-order valence-electron chi connectivity index (χ4n) is 3.51. The van der Waals surface area contributed by atoms with Crippen molar-refractivity contribution >= 4 is 46.6 Å². The Morgan fingerprint density at radius 3 is 2.25 bits per heavy atom. The molecule has 2 aromatic carbocycles. The highest BCUT2D eigenvalue weighted by atomic mass is 35.5. The van der Waals surface area contributed by atoms with Crippen LogP contribution in [-0.2, 0) is 10.2 Å². The number of aromatic nitrogens is 2. The number of carbonyl (C=O) groups excluding carboxylic acids is 2. The zero-order valence-electron chi connectivity index (χ0n) is 21.5. The number of hydrogen-bond acceptors (Lipinski definition) is 3. The van der Waals surface area contributed by atoms with E-state index in [4.69, 9.17) is 28.3 Å². The Hall–Kier alpha value is -3.03. The van der Waals surface area contributed by atoms with Crippen molar-refractivity contribution in [1.29, 1.82) is 0 Å². The minimum absolute atomic E-state index is 0.130. The van der Waals surface area contributed by atoms with Crippen LogP contribution in [0, 0.1) is 12.8 Å². The number of benzene rings is 2. The summed E-state index contributed by atoms with van der Waals surface area (Å²) >= 11 is 12.0. The van der Waals surface area contributed by atoms with E-state index in [0.717, 1.165) is 16.9 Å². The van der Waals surface area contributed by atoms with Gasteiger partial charge in [0, 0.05) is 23.7 Å². The van der Waals surface area contributed by atoms with E-state index < -0.39 is 6.03 Å². The van der Waals surface area contributed by atoms with Gasteiger partial charge < -0.3 is 15.5 Å². The SMILES string of the molecule is Cc1ccc(-n2nc(C(C)(C)C)cc2NC(=O)CN(CC(C)C)C(=O)Nc2ccc(Cl)c(Cl)c2)cc1. The van der Waals surface area contributed by atoms with E-state index in [0.29, 0.717) is 28.1 Å². The summed E-state index contributed by atoms with van der Waals surface area (Å²) in [6, 6.07) is 14.2. The first-order valence-corrected chi connectivity index (χ1v) is 12.6. The van der Waals surface area contributed by atoms with Crippen molar-refractivity contribution in [3.8, 4) is 5.69 Å².